The van der Waals surface area contributed by atoms with E-state index in [-0.39, 0.29) is 19.1 Å². The predicted octanol–water partition coefficient (Wildman–Crippen LogP) is 6.33. The number of benzene rings is 3. The second kappa shape index (κ2) is 13.8. The molecule has 2 amide bonds. The van der Waals surface area contributed by atoms with Gasteiger partial charge in [0.25, 0.3) is 0 Å². The fourth-order valence-corrected chi connectivity index (χ4v) is 4.84. The van der Waals surface area contributed by atoms with Gasteiger partial charge in [-0.2, -0.15) is 0 Å². The van der Waals surface area contributed by atoms with Gasteiger partial charge in [-0.25, -0.2) is 14.4 Å². The van der Waals surface area contributed by atoms with Crippen LogP contribution in [0.5, 0.6) is 0 Å². The van der Waals surface area contributed by atoms with E-state index in [2.05, 4.69) is 34.9 Å². The Balaban J connectivity index is 1.32. The van der Waals surface area contributed by atoms with Gasteiger partial charge in [0.15, 0.2) is 0 Å². The lowest BCUT2D eigenvalue weighted by atomic mass is 9.98. The standard InChI is InChI=1S/C33H38N2O6/c1-33(2,3)41-31(37)34-20-12-11-19-29(30(36)39-21-23-13-5-4-6-14-23)35-32(38)40-22-28-26-17-9-7-15-24(26)25-16-8-10-18-27(25)28/h4-10,13-18,28-29H,11-12,19-22H2,1-3H3,(H,34,37)(H,35,38)/t29-/m1/s1. The number of rotatable bonds is 11. The van der Waals surface area contributed by atoms with Crippen LogP contribution in [-0.2, 0) is 25.6 Å². The van der Waals surface area contributed by atoms with E-state index >= 15 is 0 Å². The first-order valence-corrected chi connectivity index (χ1v) is 14.0. The van der Waals surface area contributed by atoms with E-state index in [0.717, 1.165) is 27.8 Å². The summed E-state index contributed by atoms with van der Waals surface area (Å²) in [6.45, 7) is 6.02. The summed E-state index contributed by atoms with van der Waals surface area (Å²) in [5, 5.41) is 5.42. The van der Waals surface area contributed by atoms with Crippen molar-refractivity contribution in [2.45, 2.75) is 64.2 Å². The van der Waals surface area contributed by atoms with Crippen LogP contribution in [-0.4, -0.2) is 43.0 Å². The van der Waals surface area contributed by atoms with E-state index in [1.807, 2.05) is 54.6 Å². The van der Waals surface area contributed by atoms with Gasteiger partial charge >= 0.3 is 18.2 Å². The van der Waals surface area contributed by atoms with Gasteiger partial charge in [0.1, 0.15) is 24.9 Å². The topological polar surface area (TPSA) is 103 Å². The number of nitrogens with one attached hydrogen (secondary N) is 2. The summed E-state index contributed by atoms with van der Waals surface area (Å²) in [5.74, 6) is -0.627. The van der Waals surface area contributed by atoms with Crippen LogP contribution in [0.3, 0.4) is 0 Å². The van der Waals surface area contributed by atoms with Gasteiger partial charge in [0.05, 0.1) is 0 Å². The number of ether oxygens (including phenoxy) is 3. The number of hydrogen-bond donors (Lipinski definition) is 2. The summed E-state index contributed by atoms with van der Waals surface area (Å²) in [7, 11) is 0. The molecular formula is C33H38N2O6. The average Bonchev–Trinajstić information content (AvgIpc) is 3.27. The van der Waals surface area contributed by atoms with Crippen LogP contribution in [0.1, 0.15) is 62.6 Å². The van der Waals surface area contributed by atoms with Crippen molar-refractivity contribution in [2.24, 2.45) is 0 Å². The lowest BCUT2D eigenvalue weighted by Crippen LogP contribution is -2.42. The molecule has 0 unspecified atom stereocenters. The van der Waals surface area contributed by atoms with E-state index in [9.17, 15) is 14.4 Å². The zero-order valence-corrected chi connectivity index (χ0v) is 23.9. The molecule has 0 saturated heterocycles. The summed E-state index contributed by atoms with van der Waals surface area (Å²) in [6.07, 6.45) is 0.306. The molecule has 3 aromatic carbocycles. The van der Waals surface area contributed by atoms with Crippen LogP contribution in [0.25, 0.3) is 11.1 Å². The molecule has 216 valence electrons. The zero-order valence-electron chi connectivity index (χ0n) is 23.9. The number of unbranched alkanes of at least 4 members (excludes halogenated alkanes) is 1. The van der Waals surface area contributed by atoms with Gasteiger partial charge in [-0.05, 0) is 67.9 Å². The number of esters is 1. The van der Waals surface area contributed by atoms with Crippen LogP contribution in [0.4, 0.5) is 9.59 Å². The summed E-state index contributed by atoms with van der Waals surface area (Å²) in [5.41, 5.74) is 4.77. The number of hydrogen-bond acceptors (Lipinski definition) is 6. The Hall–Kier alpha value is -4.33. The highest BCUT2D eigenvalue weighted by molar-refractivity contribution is 5.82. The third kappa shape index (κ3) is 8.58. The summed E-state index contributed by atoms with van der Waals surface area (Å²) in [4.78, 5) is 37.8. The Morgan fingerprint density at radius 1 is 0.780 bits per heavy atom. The number of carbonyl (C=O) groups is 3. The maximum absolute atomic E-state index is 13.0. The minimum atomic E-state index is -0.893. The molecule has 0 heterocycles. The molecule has 1 aliphatic rings. The van der Waals surface area contributed by atoms with E-state index in [0.29, 0.717) is 25.8 Å². The Morgan fingerprint density at radius 3 is 2.02 bits per heavy atom. The fourth-order valence-electron chi connectivity index (χ4n) is 4.84. The molecule has 0 aliphatic heterocycles. The van der Waals surface area contributed by atoms with Gasteiger partial charge in [-0.1, -0.05) is 78.9 Å². The fraction of sp³-hybridized carbons (Fsp3) is 0.364. The first-order chi connectivity index (χ1) is 19.7. The monoisotopic (exact) mass is 558 g/mol. The first kappa shape index (κ1) is 29.6. The summed E-state index contributed by atoms with van der Waals surface area (Å²) in [6, 6.07) is 24.7. The Morgan fingerprint density at radius 2 is 1.39 bits per heavy atom. The third-order valence-electron chi connectivity index (χ3n) is 6.73. The molecule has 0 bridgehead atoms. The van der Waals surface area contributed by atoms with Crippen LogP contribution in [0, 0.1) is 0 Å². The quantitative estimate of drug-likeness (QED) is 0.162. The average molecular weight is 559 g/mol. The van der Waals surface area contributed by atoms with Crippen LogP contribution in [0.15, 0.2) is 78.9 Å². The van der Waals surface area contributed by atoms with Crippen molar-refractivity contribution in [3.63, 3.8) is 0 Å². The maximum Gasteiger partial charge on any atom is 0.407 e. The zero-order chi connectivity index (χ0) is 29.2. The second-order valence-electron chi connectivity index (χ2n) is 11.0. The summed E-state index contributed by atoms with van der Waals surface area (Å²) < 4.78 is 16.4. The summed E-state index contributed by atoms with van der Waals surface area (Å²) >= 11 is 0. The second-order valence-corrected chi connectivity index (χ2v) is 11.0. The van der Waals surface area contributed by atoms with Crippen molar-refractivity contribution in [2.75, 3.05) is 13.2 Å². The lowest BCUT2D eigenvalue weighted by molar-refractivity contribution is -0.147. The number of alkyl carbamates (subject to hydrolysis) is 2. The number of amides is 2. The molecular weight excluding hydrogens is 520 g/mol. The van der Waals surface area contributed by atoms with Gasteiger partial charge in [-0.3, -0.25) is 0 Å². The van der Waals surface area contributed by atoms with Crippen molar-refractivity contribution in [1.82, 2.24) is 10.6 Å². The number of fused-ring (bicyclic) bond motifs is 3. The van der Waals surface area contributed by atoms with Crippen molar-refractivity contribution in [1.29, 1.82) is 0 Å². The molecule has 0 aromatic heterocycles. The molecule has 41 heavy (non-hydrogen) atoms. The molecule has 4 rings (SSSR count). The first-order valence-electron chi connectivity index (χ1n) is 14.0. The Labute approximate surface area is 241 Å². The normalized spacial score (nSPS) is 13.0. The molecule has 0 spiro atoms. The van der Waals surface area contributed by atoms with E-state index in [1.165, 1.54) is 0 Å². The van der Waals surface area contributed by atoms with Gasteiger partial charge in [0, 0.05) is 12.5 Å². The van der Waals surface area contributed by atoms with Crippen molar-refractivity contribution < 1.29 is 28.6 Å². The van der Waals surface area contributed by atoms with E-state index in [4.69, 9.17) is 14.2 Å². The highest BCUT2D eigenvalue weighted by Gasteiger charge is 2.30. The minimum Gasteiger partial charge on any atom is -0.459 e. The smallest absolute Gasteiger partial charge is 0.407 e. The highest BCUT2D eigenvalue weighted by Crippen LogP contribution is 2.44. The van der Waals surface area contributed by atoms with Gasteiger partial charge < -0.3 is 24.8 Å². The van der Waals surface area contributed by atoms with Crippen LogP contribution < -0.4 is 10.6 Å². The van der Waals surface area contributed by atoms with Gasteiger partial charge in [0.2, 0.25) is 0 Å². The van der Waals surface area contributed by atoms with Crippen LogP contribution >= 0.6 is 0 Å². The third-order valence-corrected chi connectivity index (χ3v) is 6.73. The predicted molar refractivity (Wildman–Crippen MR) is 156 cm³/mol. The highest BCUT2D eigenvalue weighted by atomic mass is 16.6. The van der Waals surface area contributed by atoms with E-state index in [1.54, 1.807) is 20.8 Å². The van der Waals surface area contributed by atoms with E-state index < -0.39 is 29.8 Å². The Kier molecular flexibility index (Phi) is 10.0. The van der Waals surface area contributed by atoms with Crippen molar-refractivity contribution in [3.8, 4) is 11.1 Å². The molecule has 8 nitrogen and oxygen atoms in total. The molecule has 0 radical (unpaired) electrons. The molecule has 0 saturated carbocycles. The molecule has 1 aliphatic carbocycles. The van der Waals surface area contributed by atoms with Crippen LogP contribution in [0.2, 0.25) is 0 Å². The molecule has 1 atom stereocenters. The largest absolute Gasteiger partial charge is 0.459 e. The molecule has 8 heteroatoms. The molecule has 0 fully saturated rings. The lowest BCUT2D eigenvalue weighted by Gasteiger charge is -2.20. The molecule has 2 N–H and O–H groups in total. The molecule has 3 aromatic rings. The van der Waals surface area contributed by atoms with Gasteiger partial charge in [-0.15, -0.1) is 0 Å². The Bertz CT molecular complexity index is 1290. The minimum absolute atomic E-state index is 0.0874. The van der Waals surface area contributed by atoms with Crippen molar-refractivity contribution in [3.05, 3.63) is 95.6 Å². The SMILES string of the molecule is CC(C)(C)OC(=O)NCCCC[C@@H](NC(=O)OCC1c2ccccc2-c2ccccc21)C(=O)OCc1ccccc1. The maximum atomic E-state index is 13.0. The number of carbonyl (C=O) groups excluding carboxylic acids is 3. The van der Waals surface area contributed by atoms with Crippen molar-refractivity contribution >= 4 is 18.2 Å².